The molecule has 0 N–H and O–H groups in total. The first kappa shape index (κ1) is 13.1. The monoisotopic (exact) mass is 209 g/mol. The zero-order valence-corrected chi connectivity index (χ0v) is 10.0. The van der Waals surface area contributed by atoms with Gasteiger partial charge in [-0.15, -0.1) is 0 Å². The van der Waals surface area contributed by atoms with Crippen LogP contribution in [0, 0.1) is 0 Å². The molecule has 5 heteroatoms. The van der Waals surface area contributed by atoms with Crippen LogP contribution in [0.5, 0.6) is 0 Å². The topological polar surface area (TPSA) is 38.8 Å². The van der Waals surface area contributed by atoms with E-state index in [4.69, 9.17) is 9.05 Å². The molecule has 0 bridgehead atoms. The summed E-state index contributed by atoms with van der Waals surface area (Å²) in [5.74, 6) is 0. The SMILES string of the molecule is CCOP(=O)(OCC)N(C)C(C)C. The second kappa shape index (κ2) is 5.76. The Hall–Kier alpha value is 0.110. The van der Waals surface area contributed by atoms with Gasteiger partial charge in [-0.25, -0.2) is 9.24 Å². The lowest BCUT2D eigenvalue weighted by Crippen LogP contribution is -2.25. The van der Waals surface area contributed by atoms with Gasteiger partial charge in [0.15, 0.2) is 0 Å². The molecule has 0 aromatic rings. The van der Waals surface area contributed by atoms with Crippen LogP contribution in [0.3, 0.4) is 0 Å². The van der Waals surface area contributed by atoms with E-state index in [9.17, 15) is 4.57 Å². The van der Waals surface area contributed by atoms with Crippen LogP contribution in [0.1, 0.15) is 27.7 Å². The van der Waals surface area contributed by atoms with Crippen molar-refractivity contribution in [1.29, 1.82) is 0 Å². The minimum absolute atomic E-state index is 0.143. The van der Waals surface area contributed by atoms with Crippen molar-refractivity contribution in [3.05, 3.63) is 0 Å². The van der Waals surface area contributed by atoms with Gasteiger partial charge in [-0.1, -0.05) is 0 Å². The third kappa shape index (κ3) is 3.77. The Morgan fingerprint density at radius 3 is 1.85 bits per heavy atom. The van der Waals surface area contributed by atoms with Crippen LogP contribution in [0.25, 0.3) is 0 Å². The summed E-state index contributed by atoms with van der Waals surface area (Å²) in [6.45, 7) is 8.30. The smallest absolute Gasteiger partial charge is 0.297 e. The molecule has 0 aromatic heterocycles. The van der Waals surface area contributed by atoms with E-state index < -0.39 is 7.75 Å². The maximum absolute atomic E-state index is 12.0. The quantitative estimate of drug-likeness (QED) is 0.630. The zero-order chi connectivity index (χ0) is 10.5. The van der Waals surface area contributed by atoms with E-state index in [0.717, 1.165) is 0 Å². The molecule has 0 unspecified atom stereocenters. The van der Waals surface area contributed by atoms with Crippen LogP contribution in [0.4, 0.5) is 0 Å². The molecule has 0 spiro atoms. The number of hydrogen-bond donors (Lipinski definition) is 0. The molecule has 0 aromatic carbocycles. The van der Waals surface area contributed by atoms with Gasteiger partial charge in [-0.3, -0.25) is 9.05 Å². The maximum atomic E-state index is 12.0. The van der Waals surface area contributed by atoms with Crippen LogP contribution in [0.2, 0.25) is 0 Å². The Morgan fingerprint density at radius 2 is 1.62 bits per heavy atom. The molecule has 80 valence electrons. The van der Waals surface area contributed by atoms with E-state index in [1.807, 2.05) is 13.8 Å². The molecule has 0 aliphatic carbocycles. The molecule has 0 saturated carbocycles. The van der Waals surface area contributed by atoms with Crippen molar-refractivity contribution >= 4 is 7.75 Å². The summed E-state index contributed by atoms with van der Waals surface area (Å²) in [4.78, 5) is 0. The first-order valence-corrected chi connectivity index (χ1v) is 6.09. The number of hydrogen-bond acceptors (Lipinski definition) is 3. The summed E-state index contributed by atoms with van der Waals surface area (Å²) in [6.07, 6.45) is 0. The van der Waals surface area contributed by atoms with E-state index >= 15 is 0 Å². The van der Waals surface area contributed by atoms with Gasteiger partial charge in [-0.05, 0) is 34.7 Å². The van der Waals surface area contributed by atoms with Gasteiger partial charge in [0.1, 0.15) is 0 Å². The van der Waals surface area contributed by atoms with Gasteiger partial charge in [0.05, 0.1) is 13.2 Å². The lowest BCUT2D eigenvalue weighted by Gasteiger charge is -2.28. The van der Waals surface area contributed by atoms with Gasteiger partial charge in [-0.2, -0.15) is 0 Å². The number of nitrogens with zero attached hydrogens (tertiary/aromatic N) is 1. The minimum atomic E-state index is -3.03. The van der Waals surface area contributed by atoms with Gasteiger partial charge in [0.2, 0.25) is 0 Å². The Morgan fingerprint density at radius 1 is 1.23 bits per heavy atom. The standard InChI is InChI=1S/C8H20NO3P/c1-6-11-13(10,12-7-2)9(5)8(3)4/h8H,6-7H2,1-5H3. The van der Waals surface area contributed by atoms with Crippen molar-refractivity contribution in [3.8, 4) is 0 Å². The fraction of sp³-hybridized carbons (Fsp3) is 1.00. The fourth-order valence-electron chi connectivity index (χ4n) is 0.829. The van der Waals surface area contributed by atoms with E-state index in [2.05, 4.69) is 0 Å². The second-order valence-corrected chi connectivity index (χ2v) is 5.06. The maximum Gasteiger partial charge on any atom is 0.408 e. The van der Waals surface area contributed by atoms with E-state index in [1.165, 1.54) is 0 Å². The average Bonchev–Trinajstić information content (AvgIpc) is 2.03. The summed E-state index contributed by atoms with van der Waals surface area (Å²) in [7, 11) is -1.29. The highest BCUT2D eigenvalue weighted by molar-refractivity contribution is 7.51. The van der Waals surface area contributed by atoms with Gasteiger partial charge < -0.3 is 0 Å². The minimum Gasteiger partial charge on any atom is -0.297 e. The molecular weight excluding hydrogens is 189 g/mol. The van der Waals surface area contributed by atoms with Crippen molar-refractivity contribution in [2.24, 2.45) is 0 Å². The first-order chi connectivity index (χ1) is 5.98. The highest BCUT2D eigenvalue weighted by atomic mass is 31.2. The van der Waals surface area contributed by atoms with Crippen molar-refractivity contribution < 1.29 is 13.6 Å². The molecule has 0 amide bonds. The third-order valence-corrected chi connectivity index (χ3v) is 4.12. The second-order valence-electron chi connectivity index (χ2n) is 2.97. The van der Waals surface area contributed by atoms with Crippen LogP contribution in [-0.2, 0) is 13.6 Å². The average molecular weight is 209 g/mol. The molecule has 0 saturated heterocycles. The molecule has 0 aliphatic rings. The number of rotatable bonds is 6. The van der Waals surface area contributed by atoms with Gasteiger partial charge >= 0.3 is 7.75 Å². The predicted molar refractivity (Wildman–Crippen MR) is 53.8 cm³/mol. The predicted octanol–water partition coefficient (Wildman–Crippen LogP) is 2.51. The summed E-state index contributed by atoms with van der Waals surface area (Å²) in [5, 5.41) is 0. The van der Waals surface area contributed by atoms with Gasteiger partial charge in [0.25, 0.3) is 0 Å². The third-order valence-electron chi connectivity index (χ3n) is 1.72. The molecular formula is C8H20NO3P. The van der Waals surface area contributed by atoms with Crippen molar-refractivity contribution in [2.75, 3.05) is 20.3 Å². The highest BCUT2D eigenvalue weighted by Crippen LogP contribution is 2.51. The molecule has 13 heavy (non-hydrogen) atoms. The molecule has 0 rings (SSSR count). The lowest BCUT2D eigenvalue weighted by molar-refractivity contribution is 0.167. The van der Waals surface area contributed by atoms with Crippen LogP contribution in [-0.4, -0.2) is 31.0 Å². The molecule has 0 heterocycles. The summed E-state index contributed by atoms with van der Waals surface area (Å²) >= 11 is 0. The van der Waals surface area contributed by atoms with Crippen molar-refractivity contribution in [1.82, 2.24) is 4.67 Å². The Bertz CT molecular complexity index is 174. The Kier molecular flexibility index (Phi) is 5.81. The fourth-order valence-corrected chi connectivity index (χ4v) is 2.49. The lowest BCUT2D eigenvalue weighted by atomic mass is 10.4. The van der Waals surface area contributed by atoms with E-state index in [1.54, 1.807) is 25.6 Å². The molecule has 0 aliphatic heterocycles. The Labute approximate surface area is 80.8 Å². The molecule has 0 atom stereocenters. The highest BCUT2D eigenvalue weighted by Gasteiger charge is 2.31. The molecule has 4 nitrogen and oxygen atoms in total. The summed E-state index contributed by atoms with van der Waals surface area (Å²) < 4.78 is 24.0. The van der Waals surface area contributed by atoms with Gasteiger partial charge in [0, 0.05) is 6.04 Å². The largest absolute Gasteiger partial charge is 0.408 e. The Balaban J connectivity index is 4.47. The van der Waals surface area contributed by atoms with E-state index in [-0.39, 0.29) is 6.04 Å². The summed E-state index contributed by atoms with van der Waals surface area (Å²) in [6, 6.07) is 0.143. The van der Waals surface area contributed by atoms with Crippen LogP contribution in [0.15, 0.2) is 0 Å². The first-order valence-electron chi connectivity index (χ1n) is 4.60. The van der Waals surface area contributed by atoms with E-state index in [0.29, 0.717) is 13.2 Å². The molecule has 0 radical (unpaired) electrons. The van der Waals surface area contributed by atoms with Crippen LogP contribution >= 0.6 is 7.75 Å². The van der Waals surface area contributed by atoms with Crippen molar-refractivity contribution in [3.63, 3.8) is 0 Å². The van der Waals surface area contributed by atoms with Crippen molar-refractivity contribution in [2.45, 2.75) is 33.7 Å². The molecule has 0 fully saturated rings. The normalized spacial score (nSPS) is 12.8. The zero-order valence-electron chi connectivity index (χ0n) is 9.11. The van der Waals surface area contributed by atoms with Crippen LogP contribution < -0.4 is 0 Å². The summed E-state index contributed by atoms with van der Waals surface area (Å²) in [5.41, 5.74) is 0.